The molecule has 0 aliphatic carbocycles. The smallest absolute Gasteiger partial charge is 0.183 e. The Morgan fingerprint density at radius 3 is 2.28 bits per heavy atom. The highest BCUT2D eigenvalue weighted by Gasteiger charge is 2.36. The Bertz CT molecular complexity index is 317. The van der Waals surface area contributed by atoms with Gasteiger partial charge in [0.1, 0.15) is 14.2 Å². The molecular weight excluding hydrogens is 256 g/mol. The number of hydrogen-bond donors (Lipinski definition) is 0. The molecule has 0 N–H and O–H groups in total. The van der Waals surface area contributed by atoms with Crippen LogP contribution in [0.1, 0.15) is 19.3 Å². The summed E-state index contributed by atoms with van der Waals surface area (Å²) in [6.07, 6.45) is 4.12. The summed E-state index contributed by atoms with van der Waals surface area (Å²) in [4.78, 5) is 0. The Hall–Kier alpha value is -0.0862. The highest BCUT2D eigenvalue weighted by molar-refractivity contribution is 6.83. The van der Waals surface area contributed by atoms with E-state index in [0.29, 0.717) is 6.10 Å². The molecule has 0 unspecified atom stereocenters. The summed E-state index contributed by atoms with van der Waals surface area (Å²) in [6.45, 7) is 14.4. The highest BCUT2D eigenvalue weighted by Crippen LogP contribution is 2.26. The van der Waals surface area contributed by atoms with Gasteiger partial charge in [-0.05, 0) is 38.9 Å². The minimum absolute atomic E-state index is 0.231. The molecular formula is C14H28O2Si2. The van der Waals surface area contributed by atoms with Gasteiger partial charge in [0.2, 0.25) is 0 Å². The lowest BCUT2D eigenvalue weighted by atomic mass is 10.1. The first-order chi connectivity index (χ1) is 8.17. The monoisotopic (exact) mass is 284 g/mol. The number of epoxide rings is 1. The molecule has 1 aliphatic heterocycles. The summed E-state index contributed by atoms with van der Waals surface area (Å²) >= 11 is 0. The van der Waals surface area contributed by atoms with Gasteiger partial charge in [0, 0.05) is 6.61 Å². The van der Waals surface area contributed by atoms with E-state index < -0.39 is 16.4 Å². The lowest BCUT2D eigenvalue weighted by molar-refractivity contribution is 0.293. The van der Waals surface area contributed by atoms with Gasteiger partial charge < -0.3 is 9.16 Å². The van der Waals surface area contributed by atoms with Crippen LogP contribution in [0, 0.1) is 11.5 Å². The van der Waals surface area contributed by atoms with Gasteiger partial charge in [0.25, 0.3) is 0 Å². The summed E-state index contributed by atoms with van der Waals surface area (Å²) in [5.74, 6) is 3.28. The molecule has 1 fully saturated rings. The van der Waals surface area contributed by atoms with Crippen LogP contribution in [0.5, 0.6) is 0 Å². The van der Waals surface area contributed by atoms with Gasteiger partial charge >= 0.3 is 0 Å². The molecule has 4 heteroatoms. The van der Waals surface area contributed by atoms with E-state index in [4.69, 9.17) is 9.16 Å². The van der Waals surface area contributed by atoms with E-state index in [-0.39, 0.29) is 6.10 Å². The quantitative estimate of drug-likeness (QED) is 0.321. The van der Waals surface area contributed by atoms with E-state index in [1.54, 1.807) is 0 Å². The first-order valence-electron chi connectivity index (χ1n) is 6.99. The zero-order chi connectivity index (χ0) is 13.8. The fourth-order valence-electron chi connectivity index (χ4n) is 1.60. The Labute approximate surface area is 115 Å². The van der Waals surface area contributed by atoms with Gasteiger partial charge in [-0.1, -0.05) is 25.6 Å². The van der Waals surface area contributed by atoms with Gasteiger partial charge in [-0.3, -0.25) is 0 Å². The van der Waals surface area contributed by atoms with E-state index in [1.165, 1.54) is 6.42 Å². The van der Waals surface area contributed by atoms with Crippen LogP contribution in [0.25, 0.3) is 0 Å². The van der Waals surface area contributed by atoms with Crippen molar-refractivity contribution in [3.8, 4) is 11.5 Å². The molecule has 0 aromatic rings. The molecule has 0 bridgehead atoms. The zero-order valence-corrected chi connectivity index (χ0v) is 14.8. The van der Waals surface area contributed by atoms with Crippen molar-refractivity contribution in [3.05, 3.63) is 0 Å². The molecule has 1 heterocycles. The van der Waals surface area contributed by atoms with Crippen LogP contribution in [0.3, 0.4) is 0 Å². The SMILES string of the molecule is C[Si](C)(C)C#C[C@H]1O[C@H]1CCCCO[Si](C)(C)C. The zero-order valence-electron chi connectivity index (χ0n) is 12.8. The minimum Gasteiger partial charge on any atom is -0.418 e. The maximum atomic E-state index is 5.83. The molecule has 104 valence electrons. The third-order valence-electron chi connectivity index (χ3n) is 2.59. The van der Waals surface area contributed by atoms with Gasteiger partial charge in [-0.25, -0.2) is 0 Å². The van der Waals surface area contributed by atoms with Crippen molar-refractivity contribution in [2.24, 2.45) is 0 Å². The van der Waals surface area contributed by atoms with Crippen LogP contribution in [-0.2, 0) is 9.16 Å². The van der Waals surface area contributed by atoms with Crippen molar-refractivity contribution in [1.82, 2.24) is 0 Å². The predicted molar refractivity (Wildman–Crippen MR) is 82.9 cm³/mol. The van der Waals surface area contributed by atoms with Gasteiger partial charge in [0.05, 0.1) is 6.10 Å². The molecule has 0 spiro atoms. The second-order valence-corrected chi connectivity index (χ2v) is 16.3. The van der Waals surface area contributed by atoms with Crippen molar-refractivity contribution in [1.29, 1.82) is 0 Å². The molecule has 18 heavy (non-hydrogen) atoms. The van der Waals surface area contributed by atoms with Gasteiger partial charge in [-0.2, -0.15) is 0 Å². The van der Waals surface area contributed by atoms with Crippen LogP contribution in [0.4, 0.5) is 0 Å². The maximum absolute atomic E-state index is 5.83. The van der Waals surface area contributed by atoms with Crippen LogP contribution in [-0.4, -0.2) is 35.2 Å². The molecule has 0 saturated carbocycles. The summed E-state index contributed by atoms with van der Waals surface area (Å²) < 4.78 is 11.4. The second-order valence-electron chi connectivity index (χ2n) is 7.07. The number of hydrogen-bond acceptors (Lipinski definition) is 2. The fraction of sp³-hybridized carbons (Fsp3) is 0.857. The highest BCUT2D eigenvalue weighted by atomic mass is 28.4. The summed E-state index contributed by atoms with van der Waals surface area (Å²) in [5, 5.41) is 0. The number of ether oxygens (including phenoxy) is 1. The van der Waals surface area contributed by atoms with E-state index in [1.807, 2.05) is 0 Å². The predicted octanol–water partition coefficient (Wildman–Crippen LogP) is 3.66. The Kier molecular flexibility index (Phi) is 5.66. The van der Waals surface area contributed by atoms with Crippen molar-refractivity contribution in [2.75, 3.05) is 6.61 Å². The number of rotatable bonds is 6. The third kappa shape index (κ3) is 8.09. The summed E-state index contributed by atoms with van der Waals surface area (Å²) in [6, 6.07) is 0. The molecule has 0 aromatic carbocycles. The largest absolute Gasteiger partial charge is 0.418 e. The molecule has 0 amide bonds. The van der Waals surface area contributed by atoms with E-state index in [2.05, 4.69) is 50.7 Å². The van der Waals surface area contributed by atoms with Crippen molar-refractivity contribution in [3.63, 3.8) is 0 Å². The molecule has 2 atom stereocenters. The topological polar surface area (TPSA) is 21.8 Å². The number of unbranched alkanes of at least 4 members (excludes halogenated alkanes) is 1. The average molecular weight is 285 g/mol. The third-order valence-corrected chi connectivity index (χ3v) is 4.55. The fourth-order valence-corrected chi connectivity index (χ4v) is 2.93. The summed E-state index contributed by atoms with van der Waals surface area (Å²) in [5.41, 5.74) is 3.38. The first kappa shape index (κ1) is 16.0. The molecule has 2 nitrogen and oxygen atoms in total. The molecule has 1 saturated heterocycles. The van der Waals surface area contributed by atoms with Gasteiger partial charge in [0.15, 0.2) is 8.32 Å². The minimum atomic E-state index is -1.31. The first-order valence-corrected chi connectivity index (χ1v) is 13.9. The van der Waals surface area contributed by atoms with Crippen LogP contribution in [0.2, 0.25) is 39.3 Å². The van der Waals surface area contributed by atoms with Crippen LogP contribution >= 0.6 is 0 Å². The van der Waals surface area contributed by atoms with Crippen LogP contribution < -0.4 is 0 Å². The Balaban J connectivity index is 2.05. The molecule has 1 rings (SSSR count). The summed E-state index contributed by atoms with van der Waals surface area (Å²) in [7, 11) is -2.55. The molecule has 0 radical (unpaired) electrons. The Morgan fingerprint density at radius 1 is 1.06 bits per heavy atom. The standard InChI is InChI=1S/C14H28O2Si2/c1-17(2,3)12-10-14-13(16-14)9-7-8-11-15-18(4,5)6/h13-14H,7-9,11H2,1-6H3/t13-,14+/m0/s1. The van der Waals surface area contributed by atoms with Crippen LogP contribution in [0.15, 0.2) is 0 Å². The lowest BCUT2D eigenvalue weighted by Crippen LogP contribution is -2.25. The van der Waals surface area contributed by atoms with Crippen molar-refractivity contribution in [2.45, 2.75) is 70.8 Å². The van der Waals surface area contributed by atoms with E-state index in [0.717, 1.165) is 19.4 Å². The maximum Gasteiger partial charge on any atom is 0.183 e. The lowest BCUT2D eigenvalue weighted by Gasteiger charge is -2.16. The second kappa shape index (κ2) is 6.38. The van der Waals surface area contributed by atoms with Gasteiger partial charge in [-0.15, -0.1) is 5.54 Å². The normalized spacial score (nSPS) is 23.4. The van der Waals surface area contributed by atoms with E-state index >= 15 is 0 Å². The Morgan fingerprint density at radius 2 is 1.72 bits per heavy atom. The molecule has 1 aliphatic rings. The van der Waals surface area contributed by atoms with E-state index in [9.17, 15) is 0 Å². The average Bonchev–Trinajstić information content (AvgIpc) is 2.90. The van der Waals surface area contributed by atoms with Crippen molar-refractivity contribution < 1.29 is 9.16 Å². The molecule has 0 aromatic heterocycles. The van der Waals surface area contributed by atoms with Crippen molar-refractivity contribution >= 4 is 16.4 Å².